The largest absolute Gasteiger partial charge is 0.494 e. The van der Waals surface area contributed by atoms with E-state index >= 15 is 0 Å². The van der Waals surface area contributed by atoms with Gasteiger partial charge in [-0.2, -0.15) is 4.99 Å². The molecule has 0 N–H and O–H groups in total. The summed E-state index contributed by atoms with van der Waals surface area (Å²) < 4.78 is 8.60. The summed E-state index contributed by atoms with van der Waals surface area (Å²) >= 11 is 3.12. The van der Waals surface area contributed by atoms with Crippen LogP contribution >= 0.6 is 23.1 Å². The third-order valence-electron chi connectivity index (χ3n) is 3.81. The van der Waals surface area contributed by atoms with Crippen molar-refractivity contribution < 1.29 is 9.53 Å². The Morgan fingerprint density at radius 2 is 2.08 bits per heavy atom. The Bertz CT molecular complexity index is 1000. The minimum absolute atomic E-state index is 0.243. The van der Waals surface area contributed by atoms with Gasteiger partial charge >= 0.3 is 0 Å². The normalized spacial score (nSPS) is 11.7. The first-order chi connectivity index (χ1) is 12.7. The van der Waals surface area contributed by atoms with Crippen molar-refractivity contribution in [2.75, 3.05) is 12.9 Å². The summed E-state index contributed by atoms with van der Waals surface area (Å²) in [4.78, 5) is 18.7. The minimum atomic E-state index is -0.243. The maximum atomic E-state index is 12.6. The van der Waals surface area contributed by atoms with Crippen LogP contribution in [0.3, 0.4) is 0 Å². The second-order valence-electron chi connectivity index (χ2n) is 5.49. The monoisotopic (exact) mass is 384 g/mol. The number of benzene rings is 2. The van der Waals surface area contributed by atoms with Crippen molar-refractivity contribution in [1.29, 1.82) is 0 Å². The molecule has 1 amide bonds. The molecule has 6 heteroatoms. The van der Waals surface area contributed by atoms with Crippen molar-refractivity contribution in [2.24, 2.45) is 4.99 Å². The lowest BCUT2D eigenvalue weighted by Crippen LogP contribution is -2.16. The number of aromatic nitrogens is 1. The van der Waals surface area contributed by atoms with Crippen LogP contribution in [0.25, 0.3) is 10.2 Å². The molecule has 1 aromatic heterocycles. The van der Waals surface area contributed by atoms with Gasteiger partial charge in [-0.15, -0.1) is 18.3 Å². The second kappa shape index (κ2) is 8.38. The molecule has 0 unspecified atom stereocenters. The molecule has 2 aromatic carbocycles. The highest BCUT2D eigenvalue weighted by molar-refractivity contribution is 7.98. The fourth-order valence-corrected chi connectivity index (χ4v) is 4.06. The molecule has 0 bridgehead atoms. The number of allylic oxidation sites excluding steroid dienone is 1. The van der Waals surface area contributed by atoms with E-state index in [-0.39, 0.29) is 5.91 Å². The zero-order chi connectivity index (χ0) is 18.5. The van der Waals surface area contributed by atoms with E-state index in [1.165, 1.54) is 11.3 Å². The number of carbonyl (C=O) groups is 1. The second-order valence-corrected chi connectivity index (χ2v) is 7.38. The highest BCUT2D eigenvalue weighted by Gasteiger charge is 2.10. The molecule has 0 aliphatic heterocycles. The molecule has 26 heavy (non-hydrogen) atoms. The van der Waals surface area contributed by atoms with Crippen molar-refractivity contribution in [3.63, 3.8) is 0 Å². The maximum Gasteiger partial charge on any atom is 0.279 e. The average Bonchev–Trinajstić information content (AvgIpc) is 2.99. The first kappa shape index (κ1) is 18.5. The summed E-state index contributed by atoms with van der Waals surface area (Å²) in [5.41, 5.74) is 1.60. The van der Waals surface area contributed by atoms with Crippen LogP contribution in [0.5, 0.6) is 5.75 Å². The molecule has 0 saturated heterocycles. The van der Waals surface area contributed by atoms with Crippen LogP contribution in [-0.4, -0.2) is 23.3 Å². The van der Waals surface area contributed by atoms with E-state index in [1.807, 2.05) is 60.2 Å². The quantitative estimate of drug-likeness (QED) is 0.455. The highest BCUT2D eigenvalue weighted by atomic mass is 32.2. The number of carbonyl (C=O) groups excluding carboxylic acids is 1. The van der Waals surface area contributed by atoms with Gasteiger partial charge in [0.1, 0.15) is 5.75 Å². The third-order valence-corrected chi connectivity index (χ3v) is 5.60. The molecule has 3 aromatic rings. The topological polar surface area (TPSA) is 43.6 Å². The molecule has 4 nitrogen and oxygen atoms in total. The van der Waals surface area contributed by atoms with Gasteiger partial charge in [-0.05, 0) is 55.6 Å². The van der Waals surface area contributed by atoms with Gasteiger partial charge in [0.25, 0.3) is 5.91 Å². The standard InChI is InChI=1S/C20H20N2O2S2/c1-4-12-22-17-11-8-15(24-5-2)13-18(17)26-20(22)21-19(23)14-6-9-16(25-3)10-7-14/h4,6-11,13H,1,5,12H2,2-3H3. The average molecular weight is 385 g/mol. The Hall–Kier alpha value is -2.31. The molecule has 1 heterocycles. The lowest BCUT2D eigenvalue weighted by Gasteiger charge is -2.04. The molecule has 0 aliphatic rings. The Balaban J connectivity index is 2.06. The van der Waals surface area contributed by atoms with Gasteiger partial charge in [0.15, 0.2) is 4.80 Å². The van der Waals surface area contributed by atoms with E-state index in [0.29, 0.717) is 23.5 Å². The Morgan fingerprint density at radius 1 is 1.31 bits per heavy atom. The summed E-state index contributed by atoms with van der Waals surface area (Å²) in [5.74, 6) is 0.574. The number of fused-ring (bicyclic) bond motifs is 1. The van der Waals surface area contributed by atoms with E-state index in [0.717, 1.165) is 20.9 Å². The van der Waals surface area contributed by atoms with Crippen LogP contribution in [0.4, 0.5) is 0 Å². The SMILES string of the molecule is C=CCn1c(=NC(=O)c2ccc(SC)cc2)sc2cc(OCC)ccc21. The van der Waals surface area contributed by atoms with Gasteiger partial charge in [-0.3, -0.25) is 4.79 Å². The Kier molecular flexibility index (Phi) is 5.96. The van der Waals surface area contributed by atoms with Gasteiger partial charge in [-0.25, -0.2) is 0 Å². The summed E-state index contributed by atoms with van der Waals surface area (Å²) in [6.07, 6.45) is 3.81. The molecule has 0 saturated carbocycles. The summed E-state index contributed by atoms with van der Waals surface area (Å²) in [5, 5.41) is 0. The van der Waals surface area contributed by atoms with Crippen molar-refractivity contribution in [3.8, 4) is 5.75 Å². The summed E-state index contributed by atoms with van der Waals surface area (Å²) in [7, 11) is 0. The van der Waals surface area contributed by atoms with Crippen LogP contribution in [0, 0.1) is 0 Å². The van der Waals surface area contributed by atoms with Crippen LogP contribution in [-0.2, 0) is 6.54 Å². The van der Waals surface area contributed by atoms with Crippen LogP contribution in [0.15, 0.2) is 65.0 Å². The molecule has 0 fully saturated rings. The fraction of sp³-hybridized carbons (Fsp3) is 0.200. The predicted octanol–water partition coefficient (Wildman–Crippen LogP) is 4.75. The molecule has 0 spiro atoms. The van der Waals surface area contributed by atoms with Gasteiger partial charge in [0.2, 0.25) is 0 Å². The van der Waals surface area contributed by atoms with Crippen molar-refractivity contribution >= 4 is 39.2 Å². The number of thioether (sulfide) groups is 1. The van der Waals surface area contributed by atoms with Crippen molar-refractivity contribution in [3.05, 3.63) is 65.5 Å². The predicted molar refractivity (Wildman–Crippen MR) is 109 cm³/mol. The third kappa shape index (κ3) is 3.92. The maximum absolute atomic E-state index is 12.6. The molecule has 0 atom stereocenters. The molecular formula is C20H20N2O2S2. The van der Waals surface area contributed by atoms with E-state index in [4.69, 9.17) is 4.74 Å². The first-order valence-electron chi connectivity index (χ1n) is 8.26. The number of amides is 1. The number of thiazole rings is 1. The zero-order valence-electron chi connectivity index (χ0n) is 14.8. The summed E-state index contributed by atoms with van der Waals surface area (Å²) in [6.45, 7) is 6.98. The number of hydrogen-bond acceptors (Lipinski definition) is 4. The molecule has 134 valence electrons. The Morgan fingerprint density at radius 3 is 2.73 bits per heavy atom. The zero-order valence-corrected chi connectivity index (χ0v) is 16.4. The van der Waals surface area contributed by atoms with Crippen LogP contribution in [0.2, 0.25) is 0 Å². The van der Waals surface area contributed by atoms with Gasteiger partial charge in [0, 0.05) is 17.0 Å². The van der Waals surface area contributed by atoms with Gasteiger partial charge in [-0.1, -0.05) is 17.4 Å². The fourth-order valence-electron chi connectivity index (χ4n) is 2.59. The lowest BCUT2D eigenvalue weighted by molar-refractivity contribution is 0.0998. The molecule has 0 radical (unpaired) electrons. The molecular weight excluding hydrogens is 364 g/mol. The van der Waals surface area contributed by atoms with Crippen molar-refractivity contribution in [2.45, 2.75) is 18.4 Å². The molecule has 3 rings (SSSR count). The minimum Gasteiger partial charge on any atom is -0.494 e. The lowest BCUT2D eigenvalue weighted by atomic mass is 10.2. The summed E-state index contributed by atoms with van der Waals surface area (Å²) in [6, 6.07) is 13.4. The van der Waals surface area contributed by atoms with E-state index in [2.05, 4.69) is 11.6 Å². The van der Waals surface area contributed by atoms with E-state index in [1.54, 1.807) is 17.8 Å². The Labute approximate surface area is 160 Å². The first-order valence-corrected chi connectivity index (χ1v) is 10.3. The van der Waals surface area contributed by atoms with E-state index < -0.39 is 0 Å². The number of rotatable bonds is 6. The van der Waals surface area contributed by atoms with Crippen LogP contribution in [0.1, 0.15) is 17.3 Å². The molecule has 0 aliphatic carbocycles. The van der Waals surface area contributed by atoms with Gasteiger partial charge < -0.3 is 9.30 Å². The number of hydrogen-bond donors (Lipinski definition) is 0. The van der Waals surface area contributed by atoms with Crippen molar-refractivity contribution in [1.82, 2.24) is 4.57 Å². The van der Waals surface area contributed by atoms with Crippen LogP contribution < -0.4 is 9.54 Å². The highest BCUT2D eigenvalue weighted by Crippen LogP contribution is 2.23. The number of nitrogens with zero attached hydrogens (tertiary/aromatic N) is 2. The number of ether oxygens (including phenoxy) is 1. The smallest absolute Gasteiger partial charge is 0.279 e. The van der Waals surface area contributed by atoms with E-state index in [9.17, 15) is 4.79 Å². The van der Waals surface area contributed by atoms with Gasteiger partial charge in [0.05, 0.1) is 16.8 Å².